The van der Waals surface area contributed by atoms with Gasteiger partial charge in [-0.1, -0.05) is 20.8 Å². The van der Waals surface area contributed by atoms with Crippen molar-refractivity contribution in [1.82, 2.24) is 9.80 Å². The summed E-state index contributed by atoms with van der Waals surface area (Å²) in [6.07, 6.45) is 1.39. The van der Waals surface area contributed by atoms with Crippen molar-refractivity contribution in [1.29, 1.82) is 0 Å². The Balaban J connectivity index is 2.27. The molecule has 1 aliphatic heterocycles. The average Bonchev–Trinajstić information content (AvgIpc) is 2.47. The number of nitrogens with zero attached hydrogens (tertiary/aromatic N) is 2. The number of rotatable bonds is 3. The Kier molecular flexibility index (Phi) is 3.96. The fraction of sp³-hybridized carbons (Fsp3) is 1.00. The van der Waals surface area contributed by atoms with Crippen LogP contribution in [0.2, 0.25) is 0 Å². The minimum atomic E-state index is 0.493. The van der Waals surface area contributed by atoms with Gasteiger partial charge in [-0.2, -0.15) is 0 Å². The molecule has 84 valence electrons. The van der Waals surface area contributed by atoms with Gasteiger partial charge in [0.2, 0.25) is 0 Å². The molecule has 0 N–H and O–H groups in total. The highest BCUT2D eigenvalue weighted by molar-refractivity contribution is 4.83. The first-order chi connectivity index (χ1) is 6.39. The van der Waals surface area contributed by atoms with Gasteiger partial charge in [0.05, 0.1) is 0 Å². The summed E-state index contributed by atoms with van der Waals surface area (Å²) in [5.41, 5.74) is 0.493. The summed E-state index contributed by atoms with van der Waals surface area (Å²) in [7, 11) is 4.30. The number of hydrogen-bond donors (Lipinski definition) is 0. The van der Waals surface area contributed by atoms with Gasteiger partial charge < -0.3 is 9.80 Å². The highest BCUT2D eigenvalue weighted by atomic mass is 15.2. The van der Waals surface area contributed by atoms with Crippen molar-refractivity contribution in [2.24, 2.45) is 11.3 Å². The lowest BCUT2D eigenvalue weighted by atomic mass is 9.80. The fourth-order valence-corrected chi connectivity index (χ4v) is 2.08. The summed E-state index contributed by atoms with van der Waals surface area (Å²) in [4.78, 5) is 4.88. The Morgan fingerprint density at radius 2 is 1.93 bits per heavy atom. The predicted octanol–water partition coefficient (Wildman–Crippen LogP) is 1.92. The van der Waals surface area contributed by atoms with Gasteiger partial charge >= 0.3 is 0 Å². The molecule has 1 fully saturated rings. The van der Waals surface area contributed by atoms with Crippen LogP contribution in [0.3, 0.4) is 0 Å². The molecular formula is C12H26N2. The predicted molar refractivity (Wildman–Crippen MR) is 62.6 cm³/mol. The van der Waals surface area contributed by atoms with E-state index in [4.69, 9.17) is 0 Å². The molecule has 0 spiro atoms. The highest BCUT2D eigenvalue weighted by Gasteiger charge is 2.31. The molecule has 14 heavy (non-hydrogen) atoms. The third-order valence-corrected chi connectivity index (χ3v) is 3.36. The maximum Gasteiger partial charge on any atom is 0.0109 e. The highest BCUT2D eigenvalue weighted by Crippen LogP contribution is 2.33. The van der Waals surface area contributed by atoms with E-state index in [1.807, 2.05) is 0 Å². The molecule has 2 heteroatoms. The van der Waals surface area contributed by atoms with E-state index in [1.165, 1.54) is 32.6 Å². The molecule has 1 saturated heterocycles. The second-order valence-corrected chi connectivity index (χ2v) is 5.96. The van der Waals surface area contributed by atoms with E-state index in [2.05, 4.69) is 44.7 Å². The second-order valence-electron chi connectivity index (χ2n) is 5.96. The zero-order valence-corrected chi connectivity index (χ0v) is 10.5. The lowest BCUT2D eigenvalue weighted by molar-refractivity contribution is 0.219. The topological polar surface area (TPSA) is 6.48 Å². The van der Waals surface area contributed by atoms with Gasteiger partial charge in [-0.3, -0.25) is 0 Å². The standard InChI is InChI=1S/C12H26N2/c1-12(2,3)11-6-7-14(10-11)9-8-13(4)5/h11H,6-10H2,1-5H3. The van der Waals surface area contributed by atoms with Crippen molar-refractivity contribution in [3.05, 3.63) is 0 Å². The van der Waals surface area contributed by atoms with Crippen molar-refractivity contribution in [2.45, 2.75) is 27.2 Å². The van der Waals surface area contributed by atoms with Crippen LogP contribution in [0.25, 0.3) is 0 Å². The molecule has 0 saturated carbocycles. The molecular weight excluding hydrogens is 172 g/mol. The largest absolute Gasteiger partial charge is 0.308 e. The monoisotopic (exact) mass is 198 g/mol. The van der Waals surface area contributed by atoms with Crippen LogP contribution in [0.5, 0.6) is 0 Å². The molecule has 1 heterocycles. The Labute approximate surface area is 89.3 Å². The number of hydrogen-bond acceptors (Lipinski definition) is 2. The Morgan fingerprint density at radius 1 is 1.29 bits per heavy atom. The molecule has 2 nitrogen and oxygen atoms in total. The number of likely N-dealkylation sites (N-methyl/N-ethyl adjacent to an activating group) is 1. The first-order valence-corrected chi connectivity index (χ1v) is 5.76. The first kappa shape index (κ1) is 12.0. The van der Waals surface area contributed by atoms with E-state index in [1.54, 1.807) is 0 Å². The van der Waals surface area contributed by atoms with Crippen LogP contribution >= 0.6 is 0 Å². The van der Waals surface area contributed by atoms with Crippen LogP contribution in [0.1, 0.15) is 27.2 Å². The molecule has 0 aromatic carbocycles. The minimum absolute atomic E-state index is 0.493. The Bertz CT molecular complexity index is 170. The SMILES string of the molecule is CN(C)CCN1CCC(C(C)(C)C)C1. The van der Waals surface area contributed by atoms with Gasteiger partial charge in [-0.25, -0.2) is 0 Å². The van der Waals surface area contributed by atoms with E-state index >= 15 is 0 Å². The summed E-state index contributed by atoms with van der Waals surface area (Å²) in [6, 6.07) is 0. The van der Waals surface area contributed by atoms with Crippen molar-refractivity contribution < 1.29 is 0 Å². The normalized spacial score (nSPS) is 24.9. The van der Waals surface area contributed by atoms with Gasteiger partial charge in [0.15, 0.2) is 0 Å². The van der Waals surface area contributed by atoms with Crippen LogP contribution in [-0.4, -0.2) is 50.1 Å². The third kappa shape index (κ3) is 3.58. The molecule has 0 aromatic rings. The van der Waals surface area contributed by atoms with E-state index < -0.39 is 0 Å². The Hall–Kier alpha value is -0.0800. The molecule has 0 aliphatic carbocycles. The molecule has 0 amide bonds. The van der Waals surface area contributed by atoms with Crippen LogP contribution in [0.4, 0.5) is 0 Å². The van der Waals surface area contributed by atoms with Gasteiger partial charge in [-0.05, 0) is 38.4 Å². The van der Waals surface area contributed by atoms with Crippen molar-refractivity contribution >= 4 is 0 Å². The van der Waals surface area contributed by atoms with E-state index in [0.717, 1.165) is 5.92 Å². The molecule has 0 aromatic heterocycles. The molecule has 1 unspecified atom stereocenters. The lowest BCUT2D eigenvalue weighted by Crippen LogP contribution is -2.31. The van der Waals surface area contributed by atoms with Crippen LogP contribution < -0.4 is 0 Å². The summed E-state index contributed by atoms with van der Waals surface area (Å²) in [6.45, 7) is 12.1. The summed E-state index contributed by atoms with van der Waals surface area (Å²) >= 11 is 0. The molecule has 1 atom stereocenters. The summed E-state index contributed by atoms with van der Waals surface area (Å²) in [5.74, 6) is 0.893. The Morgan fingerprint density at radius 3 is 2.36 bits per heavy atom. The smallest absolute Gasteiger partial charge is 0.0109 e. The molecule has 1 aliphatic rings. The van der Waals surface area contributed by atoms with Gasteiger partial charge in [0.1, 0.15) is 0 Å². The third-order valence-electron chi connectivity index (χ3n) is 3.36. The van der Waals surface area contributed by atoms with Crippen LogP contribution in [0.15, 0.2) is 0 Å². The first-order valence-electron chi connectivity index (χ1n) is 5.76. The van der Waals surface area contributed by atoms with E-state index in [9.17, 15) is 0 Å². The van der Waals surface area contributed by atoms with Crippen molar-refractivity contribution in [3.63, 3.8) is 0 Å². The van der Waals surface area contributed by atoms with Crippen LogP contribution in [-0.2, 0) is 0 Å². The maximum atomic E-state index is 2.61. The van der Waals surface area contributed by atoms with Crippen molar-refractivity contribution in [2.75, 3.05) is 40.3 Å². The minimum Gasteiger partial charge on any atom is -0.308 e. The molecule has 1 rings (SSSR count). The van der Waals surface area contributed by atoms with E-state index in [0.29, 0.717) is 5.41 Å². The van der Waals surface area contributed by atoms with Crippen molar-refractivity contribution in [3.8, 4) is 0 Å². The van der Waals surface area contributed by atoms with Gasteiger partial charge in [0.25, 0.3) is 0 Å². The second kappa shape index (κ2) is 4.63. The number of likely N-dealkylation sites (tertiary alicyclic amines) is 1. The zero-order valence-electron chi connectivity index (χ0n) is 10.5. The fourth-order valence-electron chi connectivity index (χ4n) is 2.08. The zero-order chi connectivity index (χ0) is 10.8. The van der Waals surface area contributed by atoms with Gasteiger partial charge in [0, 0.05) is 19.6 Å². The summed E-state index contributed by atoms with van der Waals surface area (Å²) in [5, 5.41) is 0. The molecule has 0 bridgehead atoms. The lowest BCUT2D eigenvalue weighted by Gasteiger charge is -2.27. The van der Waals surface area contributed by atoms with Gasteiger partial charge in [-0.15, -0.1) is 0 Å². The maximum absolute atomic E-state index is 2.61. The molecule has 0 radical (unpaired) electrons. The quantitative estimate of drug-likeness (QED) is 0.683. The van der Waals surface area contributed by atoms with E-state index in [-0.39, 0.29) is 0 Å². The average molecular weight is 198 g/mol. The summed E-state index contributed by atoms with van der Waals surface area (Å²) < 4.78 is 0. The van der Waals surface area contributed by atoms with Crippen LogP contribution in [0, 0.1) is 11.3 Å².